The first kappa shape index (κ1) is 25.4. The molecule has 7 heteroatoms. The van der Waals surface area contributed by atoms with Crippen LogP contribution in [0.1, 0.15) is 41.6 Å². The number of rotatable bonds is 8. The van der Waals surface area contributed by atoms with Crippen molar-refractivity contribution < 1.29 is 18.7 Å². The Labute approximate surface area is 218 Å². The van der Waals surface area contributed by atoms with E-state index in [0.717, 1.165) is 24.1 Å². The predicted molar refractivity (Wildman–Crippen MR) is 140 cm³/mol. The number of nitrogens with zero attached hydrogens (tertiary/aromatic N) is 2. The molecule has 2 heterocycles. The second-order valence-corrected chi connectivity index (χ2v) is 9.58. The summed E-state index contributed by atoms with van der Waals surface area (Å²) in [7, 11) is 0. The van der Waals surface area contributed by atoms with Gasteiger partial charge >= 0.3 is 0 Å². The third-order valence-corrected chi connectivity index (χ3v) is 7.11. The maximum atomic E-state index is 14.6. The van der Waals surface area contributed by atoms with Gasteiger partial charge in [0.05, 0.1) is 19.3 Å². The van der Waals surface area contributed by atoms with Gasteiger partial charge in [-0.05, 0) is 47.7 Å². The van der Waals surface area contributed by atoms with Crippen molar-refractivity contribution in [1.82, 2.24) is 15.3 Å². The fraction of sp³-hybridized carbons (Fsp3) is 0.367. The number of carbonyl (C=O) groups excluding carboxylic acids is 1. The molecule has 1 fully saturated rings. The summed E-state index contributed by atoms with van der Waals surface area (Å²) in [6.07, 6.45) is 0.811. The number of carbonyl (C=O) groups is 1. The maximum absolute atomic E-state index is 14.6. The van der Waals surface area contributed by atoms with Gasteiger partial charge < -0.3 is 9.47 Å². The summed E-state index contributed by atoms with van der Waals surface area (Å²) in [5.41, 5.74) is 7.19. The molecule has 0 radical (unpaired) electrons. The Bertz CT molecular complexity index is 1200. The van der Waals surface area contributed by atoms with E-state index < -0.39 is 6.10 Å². The highest BCUT2D eigenvalue weighted by atomic mass is 19.1. The second kappa shape index (κ2) is 11.9. The summed E-state index contributed by atoms with van der Waals surface area (Å²) in [5.74, 6) is 0.327. The van der Waals surface area contributed by atoms with Crippen molar-refractivity contribution in [1.29, 1.82) is 0 Å². The van der Waals surface area contributed by atoms with Gasteiger partial charge in [0.25, 0.3) is 5.91 Å². The minimum absolute atomic E-state index is 0.0460. The van der Waals surface area contributed by atoms with Gasteiger partial charge in [0.15, 0.2) is 6.10 Å². The monoisotopic (exact) mass is 503 g/mol. The number of amides is 1. The number of halogens is 1. The molecule has 1 amide bonds. The molecule has 0 aromatic heterocycles. The molecular weight excluding hydrogens is 469 g/mol. The van der Waals surface area contributed by atoms with E-state index in [1.54, 1.807) is 6.07 Å². The van der Waals surface area contributed by atoms with Gasteiger partial charge in [0.1, 0.15) is 11.6 Å². The number of hydrazine groups is 1. The molecular formula is C30H34FN3O3. The van der Waals surface area contributed by atoms with E-state index in [-0.39, 0.29) is 17.8 Å². The molecule has 0 unspecified atom stereocenters. The Hall–Kier alpha value is -3.26. The molecule has 194 valence electrons. The Morgan fingerprint density at radius 1 is 1.05 bits per heavy atom. The van der Waals surface area contributed by atoms with Crippen LogP contribution >= 0.6 is 0 Å². The molecule has 1 N–H and O–H groups in total. The van der Waals surface area contributed by atoms with Crippen LogP contribution in [-0.4, -0.2) is 54.8 Å². The van der Waals surface area contributed by atoms with E-state index in [4.69, 9.17) is 9.47 Å². The SMILES string of the molecule is CC[C@@H](Oc1ccc2c(c1)[C@@H](c1ccccc1)N(Cc1ccccc1F)CC2)C(=O)NN1CCOCC1. The predicted octanol–water partition coefficient (Wildman–Crippen LogP) is 4.49. The molecule has 0 saturated carbocycles. The quantitative estimate of drug-likeness (QED) is 0.491. The third-order valence-electron chi connectivity index (χ3n) is 7.11. The number of nitrogens with one attached hydrogen (secondary N) is 1. The maximum Gasteiger partial charge on any atom is 0.275 e. The summed E-state index contributed by atoms with van der Waals surface area (Å²) in [4.78, 5) is 15.3. The largest absolute Gasteiger partial charge is 0.481 e. The van der Waals surface area contributed by atoms with Crippen molar-refractivity contribution in [3.63, 3.8) is 0 Å². The minimum Gasteiger partial charge on any atom is -0.481 e. The van der Waals surface area contributed by atoms with E-state index in [2.05, 4.69) is 34.6 Å². The van der Waals surface area contributed by atoms with Crippen LogP contribution in [0.25, 0.3) is 0 Å². The van der Waals surface area contributed by atoms with Crippen molar-refractivity contribution in [3.8, 4) is 5.75 Å². The van der Waals surface area contributed by atoms with E-state index in [9.17, 15) is 9.18 Å². The Kier molecular flexibility index (Phi) is 8.14. The van der Waals surface area contributed by atoms with Crippen LogP contribution in [0, 0.1) is 5.82 Å². The van der Waals surface area contributed by atoms with Crippen LogP contribution in [0.15, 0.2) is 72.8 Å². The summed E-state index contributed by atoms with van der Waals surface area (Å²) < 4.78 is 26.2. The molecule has 3 aromatic carbocycles. The lowest BCUT2D eigenvalue weighted by atomic mass is 9.87. The summed E-state index contributed by atoms with van der Waals surface area (Å²) in [5, 5.41) is 1.89. The summed E-state index contributed by atoms with van der Waals surface area (Å²) in [6.45, 7) is 5.82. The minimum atomic E-state index is -0.603. The van der Waals surface area contributed by atoms with E-state index in [1.807, 2.05) is 48.3 Å². The van der Waals surface area contributed by atoms with Gasteiger partial charge in [-0.1, -0.05) is 61.5 Å². The fourth-order valence-corrected chi connectivity index (χ4v) is 5.15. The zero-order valence-corrected chi connectivity index (χ0v) is 21.2. The van der Waals surface area contributed by atoms with Gasteiger partial charge in [-0.25, -0.2) is 9.40 Å². The smallest absolute Gasteiger partial charge is 0.275 e. The molecule has 0 spiro atoms. The Morgan fingerprint density at radius 3 is 2.57 bits per heavy atom. The normalized spacial score (nSPS) is 19.1. The van der Waals surface area contributed by atoms with Gasteiger partial charge in [-0.2, -0.15) is 0 Å². The highest BCUT2D eigenvalue weighted by Crippen LogP contribution is 2.38. The molecule has 5 rings (SSSR count). The number of hydrogen-bond donors (Lipinski definition) is 1. The topological polar surface area (TPSA) is 54.0 Å². The first-order valence-electron chi connectivity index (χ1n) is 13.1. The molecule has 1 saturated heterocycles. The van der Waals surface area contributed by atoms with Crippen LogP contribution in [0.4, 0.5) is 4.39 Å². The molecule has 2 atom stereocenters. The van der Waals surface area contributed by atoms with E-state index >= 15 is 0 Å². The number of ether oxygens (including phenoxy) is 2. The molecule has 3 aromatic rings. The van der Waals surface area contributed by atoms with Gasteiger partial charge in [-0.3, -0.25) is 15.1 Å². The number of fused-ring (bicyclic) bond motifs is 1. The van der Waals surface area contributed by atoms with Crippen molar-refractivity contribution in [2.75, 3.05) is 32.8 Å². The van der Waals surface area contributed by atoms with Crippen LogP contribution in [0.5, 0.6) is 5.75 Å². The standard InChI is InChI=1S/C30H34FN3O3/c1-2-28(30(35)32-34-16-18-36-19-17-34)37-25-13-12-22-14-15-33(21-24-10-6-7-11-27(24)31)29(26(22)20-25)23-8-4-3-5-9-23/h3-13,20,28-29H,2,14-19,21H2,1H3,(H,32,35)/t28-,29-/m1/s1. The van der Waals surface area contributed by atoms with Crippen LogP contribution in [0.2, 0.25) is 0 Å². The molecule has 2 aliphatic heterocycles. The highest BCUT2D eigenvalue weighted by Gasteiger charge is 2.30. The zero-order chi connectivity index (χ0) is 25.6. The van der Waals surface area contributed by atoms with Gasteiger partial charge in [0.2, 0.25) is 0 Å². The molecule has 6 nitrogen and oxygen atoms in total. The lowest BCUT2D eigenvalue weighted by Gasteiger charge is -2.38. The lowest BCUT2D eigenvalue weighted by molar-refractivity contribution is -0.135. The number of benzene rings is 3. The lowest BCUT2D eigenvalue weighted by Crippen LogP contribution is -2.52. The fourth-order valence-electron chi connectivity index (χ4n) is 5.15. The molecule has 37 heavy (non-hydrogen) atoms. The van der Waals surface area contributed by atoms with Crippen molar-refractivity contribution in [3.05, 3.63) is 101 Å². The highest BCUT2D eigenvalue weighted by molar-refractivity contribution is 5.80. The van der Waals surface area contributed by atoms with Gasteiger partial charge in [-0.15, -0.1) is 0 Å². The van der Waals surface area contributed by atoms with Crippen LogP contribution in [0.3, 0.4) is 0 Å². The summed E-state index contributed by atoms with van der Waals surface area (Å²) >= 11 is 0. The average Bonchev–Trinajstić information content (AvgIpc) is 2.93. The van der Waals surface area contributed by atoms with Crippen LogP contribution < -0.4 is 10.2 Å². The molecule has 2 aliphatic rings. The van der Waals surface area contributed by atoms with Crippen molar-refractivity contribution in [2.24, 2.45) is 0 Å². The Morgan fingerprint density at radius 2 is 1.81 bits per heavy atom. The first-order valence-corrected chi connectivity index (χ1v) is 13.1. The third kappa shape index (κ3) is 6.01. The molecule has 0 aliphatic carbocycles. The number of hydrogen-bond acceptors (Lipinski definition) is 5. The Balaban J connectivity index is 1.40. The first-order chi connectivity index (χ1) is 18.1. The van der Waals surface area contributed by atoms with Crippen molar-refractivity contribution in [2.45, 2.75) is 38.5 Å². The van der Waals surface area contributed by atoms with Gasteiger partial charge in [0, 0.05) is 31.7 Å². The number of morpholine rings is 1. The van der Waals surface area contributed by atoms with Crippen molar-refractivity contribution >= 4 is 5.91 Å². The second-order valence-electron chi connectivity index (χ2n) is 9.58. The average molecular weight is 504 g/mol. The summed E-state index contributed by atoms with van der Waals surface area (Å²) in [6, 6.07) is 23.4. The van der Waals surface area contributed by atoms with E-state index in [1.165, 1.54) is 11.6 Å². The zero-order valence-electron chi connectivity index (χ0n) is 21.2. The van der Waals surface area contributed by atoms with E-state index in [0.29, 0.717) is 50.6 Å². The van der Waals surface area contributed by atoms with Crippen LogP contribution in [-0.2, 0) is 22.5 Å². The molecule has 0 bridgehead atoms.